The molecule has 0 unspecified atom stereocenters. The van der Waals surface area contributed by atoms with Crippen LogP contribution in [-0.2, 0) is 14.8 Å². The molecule has 0 radical (unpaired) electrons. The highest BCUT2D eigenvalue weighted by atomic mass is 35.5. The van der Waals surface area contributed by atoms with Crippen LogP contribution in [0.5, 0.6) is 0 Å². The number of hydrogen-bond acceptors (Lipinski definition) is 5. The van der Waals surface area contributed by atoms with E-state index in [1.54, 1.807) is 61.5 Å². The van der Waals surface area contributed by atoms with Crippen LogP contribution >= 0.6 is 11.6 Å². The van der Waals surface area contributed by atoms with Gasteiger partial charge in [0.25, 0.3) is 15.7 Å². The number of para-hydroxylation sites is 2. The standard InChI is InChI=1S/C23H20ClN3O5S/c1-15-21(16-11-13-17(24)14-12-16)26(22(15)23(28)25-18-7-3-2-4-8-18)33(31,32)20-10-6-5-9-19(20)27(29)30/h2-15,21-22H,1H3,(H,25,28)/t15-,21+,22+/m0/s1. The summed E-state index contributed by atoms with van der Waals surface area (Å²) >= 11 is 5.99. The van der Waals surface area contributed by atoms with Crippen LogP contribution in [0.25, 0.3) is 0 Å². The van der Waals surface area contributed by atoms with Crippen LogP contribution in [0.3, 0.4) is 0 Å². The van der Waals surface area contributed by atoms with Gasteiger partial charge < -0.3 is 5.32 Å². The number of halogens is 1. The van der Waals surface area contributed by atoms with Crippen LogP contribution in [0.2, 0.25) is 5.02 Å². The van der Waals surface area contributed by atoms with Gasteiger partial charge in [-0.3, -0.25) is 14.9 Å². The summed E-state index contributed by atoms with van der Waals surface area (Å²) in [6.45, 7) is 1.78. The lowest BCUT2D eigenvalue weighted by Gasteiger charge is -2.51. The smallest absolute Gasteiger partial charge is 0.289 e. The van der Waals surface area contributed by atoms with Crippen molar-refractivity contribution in [3.63, 3.8) is 0 Å². The van der Waals surface area contributed by atoms with Crippen LogP contribution in [-0.4, -0.2) is 29.6 Å². The molecule has 0 saturated carbocycles. The Morgan fingerprint density at radius 1 is 1.00 bits per heavy atom. The molecule has 8 nitrogen and oxygen atoms in total. The summed E-state index contributed by atoms with van der Waals surface area (Å²) in [7, 11) is -4.41. The van der Waals surface area contributed by atoms with Crippen molar-refractivity contribution >= 4 is 38.9 Å². The van der Waals surface area contributed by atoms with Gasteiger partial charge in [0.05, 0.1) is 11.0 Å². The summed E-state index contributed by atoms with van der Waals surface area (Å²) in [6, 6.07) is 18.7. The summed E-state index contributed by atoms with van der Waals surface area (Å²) in [5.41, 5.74) is 0.611. The average Bonchev–Trinajstić information content (AvgIpc) is 2.79. The number of nitro benzene ring substituents is 1. The number of carbonyl (C=O) groups excluding carboxylic acids is 1. The predicted octanol–water partition coefficient (Wildman–Crippen LogP) is 4.64. The molecule has 10 heteroatoms. The van der Waals surface area contributed by atoms with Crippen LogP contribution in [0.4, 0.5) is 11.4 Å². The molecule has 1 N–H and O–H groups in total. The van der Waals surface area contributed by atoms with Crippen molar-refractivity contribution in [3.8, 4) is 0 Å². The summed E-state index contributed by atoms with van der Waals surface area (Å²) in [5.74, 6) is -0.909. The minimum absolute atomic E-state index is 0.396. The number of hydrogen-bond donors (Lipinski definition) is 1. The summed E-state index contributed by atoms with van der Waals surface area (Å²) in [6.07, 6.45) is 0. The molecule has 1 saturated heterocycles. The van der Waals surface area contributed by atoms with E-state index in [1.807, 2.05) is 0 Å². The zero-order valence-corrected chi connectivity index (χ0v) is 19.0. The highest BCUT2D eigenvalue weighted by molar-refractivity contribution is 7.89. The maximum atomic E-state index is 13.7. The molecule has 1 amide bonds. The molecule has 3 aromatic rings. The second-order valence-corrected chi connectivity index (χ2v) is 9.96. The van der Waals surface area contributed by atoms with E-state index in [-0.39, 0.29) is 0 Å². The fourth-order valence-corrected chi connectivity index (χ4v) is 6.36. The van der Waals surface area contributed by atoms with Gasteiger partial charge in [0, 0.05) is 22.7 Å². The Kier molecular flexibility index (Phi) is 6.20. The Balaban J connectivity index is 1.78. The van der Waals surface area contributed by atoms with E-state index in [0.29, 0.717) is 16.3 Å². The van der Waals surface area contributed by atoms with Gasteiger partial charge in [-0.15, -0.1) is 0 Å². The van der Waals surface area contributed by atoms with Gasteiger partial charge in [-0.05, 0) is 35.9 Å². The number of anilines is 1. The Hall–Kier alpha value is -3.27. The molecule has 4 rings (SSSR count). The third-order valence-corrected chi connectivity index (χ3v) is 7.85. The molecule has 0 aliphatic carbocycles. The van der Waals surface area contributed by atoms with E-state index in [4.69, 9.17) is 11.6 Å². The molecule has 0 bridgehead atoms. The minimum Gasteiger partial charge on any atom is -0.325 e. The van der Waals surface area contributed by atoms with Crippen LogP contribution in [0, 0.1) is 16.0 Å². The third kappa shape index (κ3) is 4.22. The first-order valence-electron chi connectivity index (χ1n) is 10.1. The van der Waals surface area contributed by atoms with Crippen LogP contribution < -0.4 is 5.32 Å². The van der Waals surface area contributed by atoms with E-state index >= 15 is 0 Å². The first-order valence-corrected chi connectivity index (χ1v) is 11.9. The minimum atomic E-state index is -4.41. The number of rotatable bonds is 6. The van der Waals surface area contributed by atoms with Gasteiger partial charge in [-0.25, -0.2) is 8.42 Å². The number of carbonyl (C=O) groups is 1. The molecule has 1 heterocycles. The molecular weight excluding hydrogens is 466 g/mol. The zero-order chi connectivity index (χ0) is 23.8. The average molecular weight is 486 g/mol. The maximum absolute atomic E-state index is 13.7. The molecule has 1 aliphatic rings. The van der Waals surface area contributed by atoms with Crippen molar-refractivity contribution in [1.29, 1.82) is 0 Å². The highest BCUT2D eigenvalue weighted by Gasteiger charge is 2.57. The molecule has 1 fully saturated rings. The van der Waals surface area contributed by atoms with Crippen LogP contribution in [0.15, 0.2) is 83.8 Å². The van der Waals surface area contributed by atoms with Gasteiger partial charge in [0.15, 0.2) is 4.90 Å². The topological polar surface area (TPSA) is 110 Å². The Labute approximate surface area is 196 Å². The van der Waals surface area contributed by atoms with Crippen molar-refractivity contribution in [3.05, 3.63) is 99.6 Å². The molecule has 3 atom stereocenters. The van der Waals surface area contributed by atoms with Crippen LogP contribution in [0.1, 0.15) is 18.5 Å². The number of sulfonamides is 1. The van der Waals surface area contributed by atoms with Crippen molar-refractivity contribution in [2.75, 3.05) is 5.32 Å². The normalized spacial score (nSPS) is 20.6. The van der Waals surface area contributed by atoms with E-state index in [0.717, 1.165) is 10.4 Å². The Bertz CT molecular complexity index is 1300. The Morgan fingerprint density at radius 2 is 1.61 bits per heavy atom. The van der Waals surface area contributed by atoms with Gasteiger partial charge in [-0.1, -0.05) is 61.0 Å². The molecule has 0 aromatic heterocycles. The SMILES string of the molecule is C[C@@H]1[C@H](C(=O)Nc2ccccc2)N(S(=O)(=O)c2ccccc2[N+](=O)[O-])[C@H]1c1ccc(Cl)cc1. The highest BCUT2D eigenvalue weighted by Crippen LogP contribution is 2.49. The lowest BCUT2D eigenvalue weighted by Crippen LogP contribution is -2.64. The Morgan fingerprint density at radius 3 is 2.24 bits per heavy atom. The summed E-state index contributed by atoms with van der Waals surface area (Å²) in [5, 5.41) is 14.8. The van der Waals surface area contributed by atoms with Crippen molar-refractivity contribution in [2.45, 2.75) is 23.9 Å². The van der Waals surface area contributed by atoms with Gasteiger partial charge in [0.2, 0.25) is 5.91 Å². The van der Waals surface area contributed by atoms with Gasteiger partial charge in [-0.2, -0.15) is 4.31 Å². The fourth-order valence-electron chi connectivity index (χ4n) is 4.15. The van der Waals surface area contributed by atoms with E-state index in [2.05, 4.69) is 5.32 Å². The van der Waals surface area contributed by atoms with Crippen molar-refractivity contribution in [2.24, 2.45) is 5.92 Å². The lowest BCUT2D eigenvalue weighted by molar-refractivity contribution is -0.387. The molecule has 3 aromatic carbocycles. The number of nitro groups is 1. The van der Waals surface area contributed by atoms with E-state index < -0.39 is 49.4 Å². The monoisotopic (exact) mass is 485 g/mol. The molecule has 33 heavy (non-hydrogen) atoms. The van der Waals surface area contributed by atoms with E-state index in [1.165, 1.54) is 18.2 Å². The number of nitrogens with one attached hydrogen (secondary N) is 1. The molecule has 1 aliphatic heterocycles. The van der Waals surface area contributed by atoms with Crippen molar-refractivity contribution < 1.29 is 18.1 Å². The third-order valence-electron chi connectivity index (χ3n) is 5.68. The molecule has 170 valence electrons. The summed E-state index contributed by atoms with van der Waals surface area (Å²) in [4.78, 5) is 23.5. The quantitative estimate of drug-likeness (QED) is 0.404. The number of amides is 1. The molecule has 0 spiro atoms. The van der Waals surface area contributed by atoms with E-state index in [9.17, 15) is 23.3 Å². The van der Waals surface area contributed by atoms with Gasteiger partial charge in [0.1, 0.15) is 6.04 Å². The largest absolute Gasteiger partial charge is 0.325 e. The second kappa shape index (κ2) is 8.93. The molecular formula is C23H20ClN3O5S. The summed E-state index contributed by atoms with van der Waals surface area (Å²) < 4.78 is 28.5. The number of benzene rings is 3. The second-order valence-electron chi connectivity index (χ2n) is 7.72. The predicted molar refractivity (Wildman–Crippen MR) is 124 cm³/mol. The first-order chi connectivity index (χ1) is 15.7. The first kappa shape index (κ1) is 22.9. The van der Waals surface area contributed by atoms with Crippen molar-refractivity contribution in [1.82, 2.24) is 4.31 Å². The van der Waals surface area contributed by atoms with Gasteiger partial charge >= 0.3 is 0 Å². The fraction of sp³-hybridized carbons (Fsp3) is 0.174. The zero-order valence-electron chi connectivity index (χ0n) is 17.5. The maximum Gasteiger partial charge on any atom is 0.289 e. The number of nitrogens with zero attached hydrogens (tertiary/aromatic N) is 2. The lowest BCUT2D eigenvalue weighted by atomic mass is 9.79.